The lowest BCUT2D eigenvalue weighted by atomic mass is 10.1. The third-order valence-corrected chi connectivity index (χ3v) is 9.27. The zero-order chi connectivity index (χ0) is 31.0. The topological polar surface area (TPSA) is 312 Å². The third kappa shape index (κ3) is 5.11. The summed E-state index contributed by atoms with van der Waals surface area (Å²) in [7, 11) is -9.79. The minimum absolute atomic E-state index is 0.0889. The van der Waals surface area contributed by atoms with Crippen LogP contribution in [0.1, 0.15) is 18.9 Å². The second-order valence-corrected chi connectivity index (χ2v) is 12.8. The first-order chi connectivity index (χ1) is 20.9. The normalized spacial score (nSPS) is 34.4. The number of nitrogen functional groups attached to an aromatic ring is 2. The monoisotopic (exact) mass is 656 g/mol. The minimum atomic E-state index is -5.11. The quantitative estimate of drug-likeness (QED) is 0.132. The van der Waals surface area contributed by atoms with Crippen LogP contribution < -0.4 is 26.6 Å². The third-order valence-electron chi connectivity index (χ3n) is 7.28. The molecule has 22 nitrogen and oxygen atoms in total. The predicted molar refractivity (Wildman–Crippen MR) is 141 cm³/mol. The van der Waals surface area contributed by atoms with Gasteiger partial charge in [-0.25, -0.2) is 24.1 Å². The van der Waals surface area contributed by atoms with Gasteiger partial charge in [-0.15, -0.1) is 0 Å². The van der Waals surface area contributed by atoms with Gasteiger partial charge in [0.1, 0.15) is 36.4 Å². The molecule has 7 heterocycles. The molecule has 3 aliphatic rings. The molecule has 0 aliphatic carbocycles. The van der Waals surface area contributed by atoms with E-state index >= 15 is 0 Å². The van der Waals surface area contributed by atoms with E-state index in [1.807, 2.05) is 0 Å². The van der Waals surface area contributed by atoms with E-state index in [1.54, 1.807) is 0 Å². The molecule has 236 valence electrons. The lowest BCUT2D eigenvalue weighted by Crippen LogP contribution is -2.43. The van der Waals surface area contributed by atoms with Gasteiger partial charge in [0, 0.05) is 13.0 Å². The smallest absolute Gasteiger partial charge is 0.336 e. The molecule has 0 saturated carbocycles. The first-order valence-corrected chi connectivity index (χ1v) is 15.7. The van der Waals surface area contributed by atoms with Gasteiger partial charge in [0.15, 0.2) is 35.0 Å². The number of anilines is 2. The molecule has 3 unspecified atom stereocenters. The zero-order valence-corrected chi connectivity index (χ0v) is 23.8. The van der Waals surface area contributed by atoms with E-state index in [0.29, 0.717) is 5.65 Å². The Labute approximate surface area is 245 Å². The van der Waals surface area contributed by atoms with Crippen LogP contribution in [0, 0.1) is 0 Å². The molecular weight excluding hydrogens is 633 g/mol. The number of phosphoric ester groups is 1. The summed E-state index contributed by atoms with van der Waals surface area (Å²) in [5.41, 5.74) is 11.1. The summed E-state index contributed by atoms with van der Waals surface area (Å²) in [5.74, 6) is -0.162. The molecule has 3 saturated heterocycles. The highest BCUT2D eigenvalue weighted by Gasteiger charge is 2.50. The van der Waals surface area contributed by atoms with Gasteiger partial charge in [-0.2, -0.15) is 18.1 Å². The van der Waals surface area contributed by atoms with Crippen molar-refractivity contribution in [3.63, 3.8) is 0 Å². The Bertz CT molecular complexity index is 1970. The molecule has 7 rings (SSSR count). The lowest BCUT2D eigenvalue weighted by Gasteiger charge is -2.29. The van der Waals surface area contributed by atoms with Crippen molar-refractivity contribution in [3.05, 3.63) is 29.3 Å². The molecule has 2 bridgehead atoms. The van der Waals surface area contributed by atoms with Gasteiger partial charge < -0.3 is 40.0 Å². The Hall–Kier alpha value is -3.64. The number of aliphatic hydroxyl groups excluding tert-OH is 1. The maximum Gasteiger partial charge on any atom is 0.336 e. The van der Waals surface area contributed by atoms with Crippen molar-refractivity contribution >= 4 is 52.2 Å². The largest absolute Gasteiger partial charge is 0.756 e. The van der Waals surface area contributed by atoms with Crippen molar-refractivity contribution in [2.24, 2.45) is 0 Å². The number of phosphoric acid groups is 1. The molecule has 3 fully saturated rings. The van der Waals surface area contributed by atoms with Crippen molar-refractivity contribution in [3.8, 4) is 0 Å². The van der Waals surface area contributed by atoms with E-state index in [4.69, 9.17) is 34.2 Å². The van der Waals surface area contributed by atoms with Gasteiger partial charge in [-0.05, 0) is 0 Å². The molecule has 44 heavy (non-hydrogen) atoms. The highest BCUT2D eigenvalue weighted by atomic mass is 32.2. The Morgan fingerprint density at radius 2 is 1.82 bits per heavy atom. The van der Waals surface area contributed by atoms with E-state index in [-0.39, 0.29) is 34.9 Å². The van der Waals surface area contributed by atoms with Crippen LogP contribution in [-0.2, 0) is 37.6 Å². The number of aromatic nitrogens is 8. The van der Waals surface area contributed by atoms with Crippen LogP contribution in [0.25, 0.3) is 22.3 Å². The number of ether oxygens (including phenoxy) is 2. The van der Waals surface area contributed by atoms with Crippen LogP contribution in [0.5, 0.6) is 0 Å². The van der Waals surface area contributed by atoms with Gasteiger partial charge in [0.2, 0.25) is 5.95 Å². The van der Waals surface area contributed by atoms with E-state index in [9.17, 15) is 27.8 Å². The fraction of sp³-hybridized carbons (Fsp3) is 0.500. The number of nitrogens with one attached hydrogen (secondary N) is 2. The number of rotatable bonds is 2. The molecule has 0 amide bonds. The van der Waals surface area contributed by atoms with Crippen LogP contribution >= 0.6 is 7.82 Å². The number of hydrogen-bond acceptors (Lipinski definition) is 18. The summed E-state index contributed by atoms with van der Waals surface area (Å²) < 4.78 is 71.4. The first-order valence-electron chi connectivity index (χ1n) is 12.9. The summed E-state index contributed by atoms with van der Waals surface area (Å²) in [6.07, 6.45) is -6.08. The van der Waals surface area contributed by atoms with Crippen molar-refractivity contribution in [1.82, 2.24) is 43.8 Å². The number of H-pyrrole nitrogens is 1. The SMILES string of the molecule is Nc1nc2c(ncn2C2O[C@@H]3COP(=O)([O-])O[C@H]4C[C@H](n5cnc6c(N)ncnc65)OC4CNS(=O)(=O)O[C@@H]2[C@@H]3O)c(=O)[nH]1. The second-order valence-electron chi connectivity index (χ2n) is 10.0. The number of aliphatic hydroxyl groups is 1. The van der Waals surface area contributed by atoms with Crippen LogP contribution in [0.2, 0.25) is 0 Å². The molecule has 7 N–H and O–H groups in total. The Morgan fingerprint density at radius 3 is 2.64 bits per heavy atom. The molecule has 0 radical (unpaired) electrons. The number of nitrogens with zero attached hydrogens (tertiary/aromatic N) is 7. The summed E-state index contributed by atoms with van der Waals surface area (Å²) in [5, 5.41) is 11.0. The van der Waals surface area contributed by atoms with Crippen LogP contribution in [0.4, 0.5) is 11.8 Å². The number of aromatic amines is 1. The molecule has 3 aliphatic heterocycles. The summed E-state index contributed by atoms with van der Waals surface area (Å²) in [4.78, 5) is 47.6. The molecule has 0 spiro atoms. The van der Waals surface area contributed by atoms with E-state index in [1.165, 1.54) is 17.2 Å². The predicted octanol–water partition coefficient (Wildman–Crippen LogP) is -3.23. The summed E-state index contributed by atoms with van der Waals surface area (Å²) >= 11 is 0. The Morgan fingerprint density at radius 1 is 1.05 bits per heavy atom. The molecular formula is C20H23N11O11PS-. The minimum Gasteiger partial charge on any atom is -0.756 e. The standard InChI is InChI=1S/C20H24N11O11PS/c21-15-11-16(24-4-23-15)30(5-25-11)10-1-7-8(39-10)2-27-44(36,37)42-14-13(32)9(3-38-43(34,35)41-7)40-19(14)31-6-26-12-17(31)28-20(22)29-18(12)33/h4-10,13-14,19,27,32H,1-3H2,(H,34,35)(H2,21,23,24)(H3,22,28,29,33)/p-1/t7-,8?,9+,10+,13+,14+,19?/m0/s1. The molecule has 4 aromatic rings. The fourth-order valence-corrected chi connectivity index (χ4v) is 7.17. The Kier molecular flexibility index (Phi) is 6.93. The second kappa shape index (κ2) is 10.5. The van der Waals surface area contributed by atoms with E-state index in [2.05, 4.69) is 34.6 Å². The van der Waals surface area contributed by atoms with E-state index < -0.39 is 79.8 Å². The van der Waals surface area contributed by atoms with Gasteiger partial charge in [-0.1, -0.05) is 0 Å². The highest BCUT2D eigenvalue weighted by Crippen LogP contribution is 2.46. The van der Waals surface area contributed by atoms with Gasteiger partial charge in [0.25, 0.3) is 13.4 Å². The van der Waals surface area contributed by atoms with Crippen molar-refractivity contribution in [2.75, 3.05) is 24.6 Å². The molecule has 4 aromatic heterocycles. The van der Waals surface area contributed by atoms with Gasteiger partial charge >= 0.3 is 10.3 Å². The maximum atomic E-state index is 13.1. The lowest BCUT2D eigenvalue weighted by molar-refractivity contribution is -0.233. The summed E-state index contributed by atoms with van der Waals surface area (Å²) in [6, 6.07) is 0. The number of nitrogens with two attached hydrogens (primary N) is 2. The number of imidazole rings is 2. The molecule has 8 atom stereocenters. The Balaban J connectivity index is 1.19. The summed E-state index contributed by atoms with van der Waals surface area (Å²) in [6.45, 7) is -1.31. The average molecular weight is 657 g/mol. The zero-order valence-electron chi connectivity index (χ0n) is 22.1. The van der Waals surface area contributed by atoms with Crippen LogP contribution in [0.3, 0.4) is 0 Å². The fourth-order valence-electron chi connectivity index (χ4n) is 5.28. The van der Waals surface area contributed by atoms with Crippen LogP contribution in [-0.4, -0.2) is 96.2 Å². The number of hydrogen-bond donors (Lipinski definition) is 5. The van der Waals surface area contributed by atoms with Crippen LogP contribution in [0.15, 0.2) is 23.8 Å². The van der Waals surface area contributed by atoms with Crippen molar-refractivity contribution < 1.29 is 45.7 Å². The maximum absolute atomic E-state index is 13.1. The molecule has 0 aromatic carbocycles. The average Bonchev–Trinajstić information content (AvgIpc) is 3.72. The first kappa shape index (κ1) is 29.1. The molecule has 24 heteroatoms. The van der Waals surface area contributed by atoms with Gasteiger partial charge in [0.05, 0.1) is 25.4 Å². The number of fused-ring (bicyclic) bond motifs is 5. The van der Waals surface area contributed by atoms with Crippen molar-refractivity contribution in [2.45, 2.75) is 49.4 Å². The van der Waals surface area contributed by atoms with Crippen molar-refractivity contribution in [1.29, 1.82) is 0 Å². The van der Waals surface area contributed by atoms with E-state index in [0.717, 1.165) is 10.9 Å². The highest BCUT2D eigenvalue weighted by molar-refractivity contribution is 7.84. The van der Waals surface area contributed by atoms with Gasteiger partial charge in [-0.3, -0.25) is 23.5 Å².